The highest BCUT2D eigenvalue weighted by molar-refractivity contribution is 7.09. The van der Waals surface area contributed by atoms with E-state index in [1.807, 2.05) is 32.0 Å². The minimum Gasteiger partial charge on any atom is -0.550 e. The first-order valence-electron chi connectivity index (χ1n) is 6.89. The fraction of sp³-hybridized carbons (Fsp3) is 0.312. The number of benzene rings is 1. The Labute approximate surface area is 133 Å². The average Bonchev–Trinajstić information content (AvgIpc) is 2.89. The summed E-state index contributed by atoms with van der Waals surface area (Å²) in [7, 11) is 0. The molecule has 116 valence electrons. The Morgan fingerprint density at radius 1 is 1.36 bits per heavy atom. The van der Waals surface area contributed by atoms with Gasteiger partial charge < -0.3 is 15.2 Å². The summed E-state index contributed by atoms with van der Waals surface area (Å²) in [5, 5.41) is 15.7. The highest BCUT2D eigenvalue weighted by Crippen LogP contribution is 2.23. The van der Waals surface area contributed by atoms with Gasteiger partial charge in [-0.2, -0.15) is 0 Å². The van der Waals surface area contributed by atoms with Crippen molar-refractivity contribution in [3.63, 3.8) is 0 Å². The minimum atomic E-state index is -1.18. The average molecular weight is 317 g/mol. The maximum atomic E-state index is 12.3. The molecule has 1 aromatic heterocycles. The molecular formula is C16H17N2O3S-. The van der Waals surface area contributed by atoms with Crippen LogP contribution in [-0.2, 0) is 16.0 Å². The van der Waals surface area contributed by atoms with Gasteiger partial charge in [0.1, 0.15) is 5.01 Å². The molecule has 0 unspecified atom stereocenters. The molecule has 6 heteroatoms. The van der Waals surface area contributed by atoms with E-state index in [1.54, 1.807) is 12.3 Å². The topological polar surface area (TPSA) is 82.1 Å². The number of hydrogen-bond donors (Lipinski definition) is 1. The van der Waals surface area contributed by atoms with Crippen LogP contribution in [0.1, 0.15) is 34.7 Å². The van der Waals surface area contributed by atoms with Gasteiger partial charge in [0.15, 0.2) is 0 Å². The monoisotopic (exact) mass is 317 g/mol. The number of nitrogens with zero attached hydrogens (tertiary/aromatic N) is 1. The third-order valence-electron chi connectivity index (χ3n) is 3.31. The van der Waals surface area contributed by atoms with Gasteiger partial charge in [-0.3, -0.25) is 4.79 Å². The van der Waals surface area contributed by atoms with Crippen molar-refractivity contribution in [2.75, 3.05) is 5.32 Å². The molecule has 0 bridgehead atoms. The first-order valence-corrected chi connectivity index (χ1v) is 7.77. The van der Waals surface area contributed by atoms with Crippen LogP contribution < -0.4 is 10.4 Å². The molecule has 22 heavy (non-hydrogen) atoms. The van der Waals surface area contributed by atoms with Crippen LogP contribution in [0.25, 0.3) is 0 Å². The molecule has 0 aliphatic carbocycles. The van der Waals surface area contributed by atoms with Gasteiger partial charge in [-0.05, 0) is 38.0 Å². The summed E-state index contributed by atoms with van der Waals surface area (Å²) in [6, 6.07) is 5.86. The number of aliphatic carboxylic acids is 1. The quantitative estimate of drug-likeness (QED) is 0.911. The molecule has 2 aromatic rings. The second-order valence-electron chi connectivity index (χ2n) is 5.26. The molecular weight excluding hydrogens is 300 g/mol. The van der Waals surface area contributed by atoms with E-state index in [0.29, 0.717) is 10.7 Å². The van der Waals surface area contributed by atoms with Gasteiger partial charge in [0.25, 0.3) is 0 Å². The van der Waals surface area contributed by atoms with Crippen molar-refractivity contribution in [2.45, 2.75) is 33.1 Å². The van der Waals surface area contributed by atoms with E-state index in [9.17, 15) is 14.7 Å². The SMILES string of the molecule is Cc1ccc(C)c(NC(=O)[C@H](C)c2nc(CC(=O)[O-])cs2)c1. The molecule has 0 aliphatic heterocycles. The van der Waals surface area contributed by atoms with Crippen molar-refractivity contribution in [1.82, 2.24) is 4.98 Å². The lowest BCUT2D eigenvalue weighted by molar-refractivity contribution is -0.304. The Hall–Kier alpha value is -2.21. The van der Waals surface area contributed by atoms with E-state index >= 15 is 0 Å². The van der Waals surface area contributed by atoms with Crippen LogP contribution in [0, 0.1) is 13.8 Å². The molecule has 1 heterocycles. The fourth-order valence-electron chi connectivity index (χ4n) is 1.97. The maximum Gasteiger partial charge on any atom is 0.234 e. The van der Waals surface area contributed by atoms with E-state index in [1.165, 1.54) is 11.3 Å². The highest BCUT2D eigenvalue weighted by atomic mass is 32.1. The normalized spacial score (nSPS) is 12.0. The summed E-state index contributed by atoms with van der Waals surface area (Å²) < 4.78 is 0. The van der Waals surface area contributed by atoms with Crippen LogP contribution in [0.15, 0.2) is 23.6 Å². The molecule has 5 nitrogen and oxygen atoms in total. The fourth-order valence-corrected chi connectivity index (χ4v) is 2.85. The largest absolute Gasteiger partial charge is 0.550 e. The number of carbonyl (C=O) groups is 2. The number of anilines is 1. The van der Waals surface area contributed by atoms with Gasteiger partial charge >= 0.3 is 0 Å². The van der Waals surface area contributed by atoms with E-state index in [4.69, 9.17) is 0 Å². The van der Waals surface area contributed by atoms with Gasteiger partial charge in [0.2, 0.25) is 5.91 Å². The van der Waals surface area contributed by atoms with Crippen LogP contribution in [0.2, 0.25) is 0 Å². The second kappa shape index (κ2) is 6.70. The number of aryl methyl sites for hydroxylation is 2. The van der Waals surface area contributed by atoms with Gasteiger partial charge in [0.05, 0.1) is 11.6 Å². The number of nitrogens with one attached hydrogen (secondary N) is 1. The van der Waals surface area contributed by atoms with Crippen LogP contribution >= 0.6 is 11.3 Å². The summed E-state index contributed by atoms with van der Waals surface area (Å²) in [4.78, 5) is 27.1. The lowest BCUT2D eigenvalue weighted by Gasteiger charge is -2.12. The number of rotatable bonds is 5. The first-order chi connectivity index (χ1) is 10.4. The molecule has 0 aliphatic rings. The lowest BCUT2D eigenvalue weighted by Crippen LogP contribution is -2.24. The lowest BCUT2D eigenvalue weighted by atomic mass is 10.1. The van der Waals surface area contributed by atoms with E-state index in [0.717, 1.165) is 16.8 Å². The predicted molar refractivity (Wildman–Crippen MR) is 83.8 cm³/mol. The maximum absolute atomic E-state index is 12.3. The number of carbonyl (C=O) groups excluding carboxylic acids is 2. The molecule has 0 radical (unpaired) electrons. The standard InChI is InChI=1S/C16H18N2O3S/c1-9-4-5-10(2)13(6-9)18-15(21)11(3)16-17-12(8-22-16)7-14(19)20/h4-6,8,11H,7H2,1-3H3,(H,18,21)(H,19,20)/p-1/t11-/m0/s1. The van der Waals surface area contributed by atoms with Gasteiger partial charge in [-0.25, -0.2) is 4.98 Å². The van der Waals surface area contributed by atoms with Crippen molar-refractivity contribution < 1.29 is 14.7 Å². The van der Waals surface area contributed by atoms with Crippen molar-refractivity contribution in [1.29, 1.82) is 0 Å². The third kappa shape index (κ3) is 3.92. The van der Waals surface area contributed by atoms with Gasteiger partial charge in [0, 0.05) is 23.5 Å². The summed E-state index contributed by atoms with van der Waals surface area (Å²) in [5.74, 6) is -1.78. The highest BCUT2D eigenvalue weighted by Gasteiger charge is 2.19. The molecule has 1 amide bonds. The van der Waals surface area contributed by atoms with Crippen LogP contribution in [0.4, 0.5) is 5.69 Å². The van der Waals surface area contributed by atoms with Crippen molar-refractivity contribution >= 4 is 28.9 Å². The van der Waals surface area contributed by atoms with E-state index in [2.05, 4.69) is 10.3 Å². The molecule has 1 atom stereocenters. The zero-order valence-corrected chi connectivity index (χ0v) is 13.5. The molecule has 2 rings (SSSR count). The Morgan fingerprint density at radius 3 is 2.77 bits per heavy atom. The van der Waals surface area contributed by atoms with Gasteiger partial charge in [-0.15, -0.1) is 11.3 Å². The number of aromatic nitrogens is 1. The molecule has 1 N–H and O–H groups in total. The number of hydrogen-bond acceptors (Lipinski definition) is 5. The van der Waals surface area contributed by atoms with Crippen molar-refractivity contribution in [3.05, 3.63) is 45.4 Å². The van der Waals surface area contributed by atoms with E-state index in [-0.39, 0.29) is 12.3 Å². The zero-order valence-electron chi connectivity index (χ0n) is 12.7. The van der Waals surface area contributed by atoms with Crippen molar-refractivity contribution in [2.24, 2.45) is 0 Å². The summed E-state index contributed by atoms with van der Waals surface area (Å²) in [6.45, 7) is 5.65. The first kappa shape index (κ1) is 16.2. The Morgan fingerprint density at radius 2 is 2.09 bits per heavy atom. The molecule has 0 saturated carbocycles. The molecule has 0 saturated heterocycles. The zero-order chi connectivity index (χ0) is 16.3. The molecule has 0 fully saturated rings. The number of carboxylic acids is 1. The van der Waals surface area contributed by atoms with E-state index < -0.39 is 11.9 Å². The minimum absolute atomic E-state index is 0.164. The third-order valence-corrected chi connectivity index (χ3v) is 4.39. The molecule has 1 aromatic carbocycles. The Balaban J connectivity index is 2.10. The number of thiazole rings is 1. The number of carboxylic acid groups (broad SMARTS) is 1. The Kier molecular flexibility index (Phi) is 4.92. The van der Waals surface area contributed by atoms with Crippen LogP contribution in [0.3, 0.4) is 0 Å². The van der Waals surface area contributed by atoms with Crippen LogP contribution in [0.5, 0.6) is 0 Å². The smallest absolute Gasteiger partial charge is 0.234 e. The summed E-state index contributed by atoms with van der Waals surface area (Å²) >= 11 is 1.28. The molecule has 0 spiro atoms. The number of amides is 1. The summed E-state index contributed by atoms with van der Waals surface area (Å²) in [5.41, 5.74) is 3.26. The van der Waals surface area contributed by atoms with Crippen LogP contribution in [-0.4, -0.2) is 16.9 Å². The second-order valence-corrected chi connectivity index (χ2v) is 6.14. The van der Waals surface area contributed by atoms with Gasteiger partial charge in [-0.1, -0.05) is 12.1 Å². The summed E-state index contributed by atoms with van der Waals surface area (Å²) in [6.07, 6.45) is -0.234. The Bertz CT molecular complexity index is 709. The van der Waals surface area contributed by atoms with Crippen molar-refractivity contribution in [3.8, 4) is 0 Å². The predicted octanol–water partition coefficient (Wildman–Crippen LogP) is 1.79.